The summed E-state index contributed by atoms with van der Waals surface area (Å²) < 4.78 is 5.44. The summed E-state index contributed by atoms with van der Waals surface area (Å²) >= 11 is 0.809. The van der Waals surface area contributed by atoms with Crippen LogP contribution in [0.1, 0.15) is 22.5 Å². The number of urea groups is 1. The average Bonchev–Trinajstić information content (AvgIpc) is 3.33. The lowest BCUT2D eigenvalue weighted by atomic mass is 10.2. The van der Waals surface area contributed by atoms with E-state index >= 15 is 0 Å². The molecule has 0 aliphatic carbocycles. The summed E-state index contributed by atoms with van der Waals surface area (Å²) in [6, 6.07) is 8.95. The Morgan fingerprint density at radius 1 is 1.15 bits per heavy atom. The number of hydrogen-bond donors (Lipinski definition) is 3. The van der Waals surface area contributed by atoms with Gasteiger partial charge in [-0.25, -0.2) is 4.79 Å². The highest BCUT2D eigenvalue weighted by atomic mass is 32.1. The van der Waals surface area contributed by atoms with Crippen molar-refractivity contribution < 1.29 is 19.2 Å². The Bertz CT molecular complexity index is 830. The number of amides is 3. The number of rotatable bonds is 6. The average molecular weight is 390 g/mol. The van der Waals surface area contributed by atoms with Crippen molar-refractivity contribution in [3.8, 4) is 0 Å². The van der Waals surface area contributed by atoms with Gasteiger partial charge in [-0.15, -0.1) is 0 Å². The second kappa shape index (κ2) is 8.60. The van der Waals surface area contributed by atoms with Gasteiger partial charge in [-0.2, -0.15) is 0 Å². The third kappa shape index (κ3) is 5.25. The highest BCUT2D eigenvalue weighted by Crippen LogP contribution is 2.25. The number of carbonyl (C=O) groups excluding carboxylic acids is 2. The van der Waals surface area contributed by atoms with E-state index in [1.807, 2.05) is 0 Å². The highest BCUT2D eigenvalue weighted by Gasteiger charge is 2.17. The summed E-state index contributed by atoms with van der Waals surface area (Å²) in [5.41, 5.74) is 1.09. The Labute approximate surface area is 158 Å². The summed E-state index contributed by atoms with van der Waals surface area (Å²) in [5.74, 6) is -0.428. The molecule has 1 aromatic carbocycles. The fourth-order valence-corrected chi connectivity index (χ4v) is 3.28. The van der Waals surface area contributed by atoms with E-state index in [4.69, 9.17) is 4.74 Å². The van der Waals surface area contributed by atoms with Gasteiger partial charge >= 0.3 is 11.0 Å². The number of carbonyl (C=O) groups is 2. The lowest BCUT2D eigenvalue weighted by Gasteiger charge is -2.12. The molecule has 2 aromatic rings. The van der Waals surface area contributed by atoms with Gasteiger partial charge in [-0.3, -0.25) is 14.9 Å². The van der Waals surface area contributed by atoms with Crippen LogP contribution in [0.3, 0.4) is 0 Å². The van der Waals surface area contributed by atoms with Crippen LogP contribution in [-0.2, 0) is 4.74 Å². The van der Waals surface area contributed by atoms with Crippen molar-refractivity contribution in [1.29, 1.82) is 0 Å². The molecule has 1 aliphatic heterocycles. The van der Waals surface area contributed by atoms with Gasteiger partial charge in [-0.1, -0.05) is 11.3 Å². The van der Waals surface area contributed by atoms with E-state index in [2.05, 4.69) is 16.0 Å². The highest BCUT2D eigenvalue weighted by molar-refractivity contribution is 7.17. The molecule has 0 saturated carbocycles. The van der Waals surface area contributed by atoms with Crippen molar-refractivity contribution in [2.24, 2.45) is 0 Å². The molecule has 142 valence electrons. The first-order valence-electron chi connectivity index (χ1n) is 8.33. The molecule has 9 nitrogen and oxygen atoms in total. The lowest BCUT2D eigenvalue weighted by molar-refractivity contribution is -0.380. The van der Waals surface area contributed by atoms with Gasteiger partial charge in [0.15, 0.2) is 0 Å². The molecule has 0 spiro atoms. The number of nitrogens with zero attached hydrogens (tertiary/aromatic N) is 1. The number of ether oxygens (including phenoxy) is 1. The van der Waals surface area contributed by atoms with E-state index in [0.29, 0.717) is 17.9 Å². The Kier molecular flexibility index (Phi) is 5.99. The van der Waals surface area contributed by atoms with Crippen molar-refractivity contribution in [1.82, 2.24) is 5.32 Å². The molecule has 27 heavy (non-hydrogen) atoms. The fourth-order valence-electron chi connectivity index (χ4n) is 2.56. The molecular formula is C17H18N4O5S. The monoisotopic (exact) mass is 390 g/mol. The summed E-state index contributed by atoms with van der Waals surface area (Å²) in [5, 5.41) is 18.7. The van der Waals surface area contributed by atoms with Crippen molar-refractivity contribution in [3.63, 3.8) is 0 Å². The molecule has 3 rings (SSSR count). The molecule has 0 radical (unpaired) electrons. The largest absolute Gasteiger partial charge is 0.376 e. The van der Waals surface area contributed by atoms with E-state index < -0.39 is 10.8 Å². The standard InChI is InChI=1S/C17H18N4O5S/c22-16(14-7-8-15(27-14)21(24)25)19-11-3-5-12(6-4-11)20-17(23)18-10-13-2-1-9-26-13/h3-8,13H,1-2,9-10H2,(H,19,22)(H2,18,20,23). The third-order valence-corrected chi connectivity index (χ3v) is 4.95. The molecule has 1 unspecified atom stereocenters. The van der Waals surface area contributed by atoms with E-state index in [9.17, 15) is 19.7 Å². The maximum absolute atomic E-state index is 12.1. The number of nitrogens with one attached hydrogen (secondary N) is 3. The first-order chi connectivity index (χ1) is 13.0. The molecule has 2 heterocycles. The number of anilines is 2. The third-order valence-electron chi connectivity index (χ3n) is 3.91. The van der Waals surface area contributed by atoms with Gasteiger partial charge in [-0.05, 0) is 43.2 Å². The smallest absolute Gasteiger partial charge is 0.324 e. The van der Waals surface area contributed by atoms with Gasteiger partial charge in [0, 0.05) is 30.6 Å². The van der Waals surface area contributed by atoms with Crippen LogP contribution in [0.4, 0.5) is 21.2 Å². The van der Waals surface area contributed by atoms with Gasteiger partial charge < -0.3 is 20.7 Å². The van der Waals surface area contributed by atoms with Crippen LogP contribution in [0.15, 0.2) is 36.4 Å². The SMILES string of the molecule is O=C(NCC1CCCO1)Nc1ccc(NC(=O)c2ccc([N+](=O)[O-])s2)cc1. The Hall–Kier alpha value is -2.98. The number of nitro groups is 1. The van der Waals surface area contributed by atoms with Crippen LogP contribution >= 0.6 is 11.3 Å². The van der Waals surface area contributed by atoms with Crippen LogP contribution in [0, 0.1) is 10.1 Å². The first-order valence-corrected chi connectivity index (χ1v) is 9.15. The number of benzene rings is 1. The number of hydrogen-bond acceptors (Lipinski definition) is 6. The van der Waals surface area contributed by atoms with Crippen molar-refractivity contribution in [2.45, 2.75) is 18.9 Å². The molecule has 3 N–H and O–H groups in total. The summed E-state index contributed by atoms with van der Waals surface area (Å²) in [4.78, 5) is 34.4. The van der Waals surface area contributed by atoms with Gasteiger partial charge in [0.2, 0.25) is 0 Å². The number of thiophene rings is 1. The molecule has 3 amide bonds. The van der Waals surface area contributed by atoms with Crippen LogP contribution in [0.25, 0.3) is 0 Å². The van der Waals surface area contributed by atoms with Crippen LogP contribution in [-0.4, -0.2) is 36.1 Å². The van der Waals surface area contributed by atoms with Gasteiger partial charge in [0.05, 0.1) is 15.9 Å². The molecular weight excluding hydrogens is 372 g/mol. The summed E-state index contributed by atoms with van der Waals surface area (Å²) in [6.07, 6.45) is 2.03. The normalized spacial score (nSPS) is 15.9. The Balaban J connectivity index is 1.49. The zero-order valence-electron chi connectivity index (χ0n) is 14.3. The Morgan fingerprint density at radius 2 is 1.85 bits per heavy atom. The predicted molar refractivity (Wildman–Crippen MR) is 101 cm³/mol. The molecule has 0 bridgehead atoms. The maximum atomic E-state index is 12.1. The fraction of sp³-hybridized carbons (Fsp3) is 0.294. The predicted octanol–water partition coefficient (Wildman–Crippen LogP) is 3.21. The zero-order chi connectivity index (χ0) is 19.2. The molecule has 1 fully saturated rings. The minimum Gasteiger partial charge on any atom is -0.376 e. The Morgan fingerprint density at radius 3 is 2.44 bits per heavy atom. The topological polar surface area (TPSA) is 123 Å². The van der Waals surface area contributed by atoms with Crippen molar-refractivity contribution >= 4 is 39.7 Å². The quantitative estimate of drug-likeness (QED) is 0.516. The van der Waals surface area contributed by atoms with Crippen LogP contribution < -0.4 is 16.0 Å². The van der Waals surface area contributed by atoms with Gasteiger partial charge in [0.1, 0.15) is 0 Å². The molecule has 10 heteroatoms. The van der Waals surface area contributed by atoms with Crippen LogP contribution in [0.2, 0.25) is 0 Å². The van der Waals surface area contributed by atoms with Crippen molar-refractivity contribution in [2.75, 3.05) is 23.8 Å². The molecule has 1 aliphatic rings. The van der Waals surface area contributed by atoms with E-state index in [-0.39, 0.29) is 22.0 Å². The minimum absolute atomic E-state index is 0.0708. The van der Waals surface area contributed by atoms with E-state index in [1.54, 1.807) is 24.3 Å². The molecule has 1 aromatic heterocycles. The lowest BCUT2D eigenvalue weighted by Crippen LogP contribution is -2.35. The molecule has 1 saturated heterocycles. The van der Waals surface area contributed by atoms with E-state index in [0.717, 1.165) is 30.8 Å². The van der Waals surface area contributed by atoms with Crippen LogP contribution in [0.5, 0.6) is 0 Å². The first kappa shape index (κ1) is 18.8. The summed E-state index contributed by atoms with van der Waals surface area (Å²) in [6.45, 7) is 1.20. The van der Waals surface area contributed by atoms with E-state index in [1.165, 1.54) is 12.1 Å². The zero-order valence-corrected chi connectivity index (χ0v) is 15.1. The maximum Gasteiger partial charge on any atom is 0.324 e. The summed E-state index contributed by atoms with van der Waals surface area (Å²) in [7, 11) is 0. The minimum atomic E-state index is -0.536. The van der Waals surface area contributed by atoms with Crippen molar-refractivity contribution in [3.05, 3.63) is 51.4 Å². The second-order valence-corrected chi connectivity index (χ2v) is 6.96. The second-order valence-electron chi connectivity index (χ2n) is 5.90. The van der Waals surface area contributed by atoms with Gasteiger partial charge in [0.25, 0.3) is 5.91 Å². The molecule has 1 atom stereocenters.